The van der Waals surface area contributed by atoms with Gasteiger partial charge in [-0.3, -0.25) is 9.59 Å². The summed E-state index contributed by atoms with van der Waals surface area (Å²) in [6.07, 6.45) is 2.18. The number of hydrogen-bond acceptors (Lipinski definition) is 4. The largest absolute Gasteiger partial charge is 0.355 e. The van der Waals surface area contributed by atoms with E-state index in [4.69, 9.17) is 11.6 Å². The summed E-state index contributed by atoms with van der Waals surface area (Å²) in [5.74, 6) is 1.13. The summed E-state index contributed by atoms with van der Waals surface area (Å²) < 4.78 is 1.26. The van der Waals surface area contributed by atoms with Crippen molar-refractivity contribution in [3.63, 3.8) is 0 Å². The quantitative estimate of drug-likeness (QED) is 0.707. The molecule has 3 aromatic rings. The van der Waals surface area contributed by atoms with Crippen LogP contribution in [0, 0.1) is 5.92 Å². The van der Waals surface area contributed by atoms with Crippen LogP contribution in [0.3, 0.4) is 0 Å². The van der Waals surface area contributed by atoms with E-state index in [1.54, 1.807) is 30.3 Å². The molecule has 0 atom stereocenters. The van der Waals surface area contributed by atoms with Crippen molar-refractivity contribution in [3.05, 3.63) is 63.9 Å². The van der Waals surface area contributed by atoms with Crippen LogP contribution in [0.25, 0.3) is 10.8 Å². The summed E-state index contributed by atoms with van der Waals surface area (Å²) in [4.78, 5) is 27.7. The molecule has 4 rings (SSSR count). The molecule has 1 fully saturated rings. The molecule has 150 valence electrons. The molecule has 1 aliphatic heterocycles. The van der Waals surface area contributed by atoms with E-state index >= 15 is 0 Å². The number of halogens is 1. The zero-order valence-electron chi connectivity index (χ0n) is 16.3. The van der Waals surface area contributed by atoms with E-state index in [1.165, 1.54) is 4.68 Å². The van der Waals surface area contributed by atoms with E-state index in [0.29, 0.717) is 22.0 Å². The minimum absolute atomic E-state index is 0.159. The van der Waals surface area contributed by atoms with Crippen LogP contribution in [-0.2, 0) is 11.3 Å². The number of anilines is 2. The lowest BCUT2D eigenvalue weighted by atomic mass is 9.99. The molecule has 2 heterocycles. The lowest BCUT2D eigenvalue weighted by Gasteiger charge is -2.32. The van der Waals surface area contributed by atoms with Crippen molar-refractivity contribution in [2.45, 2.75) is 26.3 Å². The lowest BCUT2D eigenvalue weighted by Crippen LogP contribution is -2.37. The normalized spacial score (nSPS) is 14.9. The lowest BCUT2D eigenvalue weighted by molar-refractivity contribution is -0.117. The molecule has 1 amide bonds. The predicted octanol–water partition coefficient (Wildman–Crippen LogP) is 3.92. The minimum atomic E-state index is -0.324. The Hall–Kier alpha value is -2.86. The number of benzene rings is 2. The van der Waals surface area contributed by atoms with Crippen LogP contribution < -0.4 is 15.8 Å². The summed E-state index contributed by atoms with van der Waals surface area (Å²) in [5, 5.41) is 9.31. The molecule has 1 aromatic heterocycles. The fraction of sp³-hybridized carbons (Fsp3) is 0.318. The zero-order chi connectivity index (χ0) is 20.4. The van der Waals surface area contributed by atoms with Crippen molar-refractivity contribution in [2.75, 3.05) is 23.3 Å². The van der Waals surface area contributed by atoms with Gasteiger partial charge in [-0.1, -0.05) is 42.8 Å². The zero-order valence-corrected chi connectivity index (χ0v) is 17.0. The molecule has 1 N–H and O–H groups in total. The molecule has 7 heteroatoms. The number of nitrogens with one attached hydrogen (secondary N) is 1. The first kappa shape index (κ1) is 19.5. The number of piperidine rings is 1. The molecule has 1 saturated heterocycles. The monoisotopic (exact) mass is 410 g/mol. The van der Waals surface area contributed by atoms with Crippen molar-refractivity contribution in [3.8, 4) is 0 Å². The second-order valence-corrected chi connectivity index (χ2v) is 8.00. The maximum atomic E-state index is 12.9. The van der Waals surface area contributed by atoms with Crippen molar-refractivity contribution in [2.24, 2.45) is 5.92 Å². The fourth-order valence-electron chi connectivity index (χ4n) is 3.68. The van der Waals surface area contributed by atoms with Crippen LogP contribution in [0.5, 0.6) is 0 Å². The molecule has 6 nitrogen and oxygen atoms in total. The van der Waals surface area contributed by atoms with Gasteiger partial charge in [0.15, 0.2) is 5.82 Å². The first-order valence-electron chi connectivity index (χ1n) is 9.81. The van der Waals surface area contributed by atoms with Crippen LogP contribution in [0.4, 0.5) is 11.5 Å². The Balaban J connectivity index is 1.66. The van der Waals surface area contributed by atoms with Gasteiger partial charge in [0.1, 0.15) is 6.54 Å². The molecule has 0 spiro atoms. The Morgan fingerprint density at radius 2 is 1.86 bits per heavy atom. The van der Waals surface area contributed by atoms with Gasteiger partial charge in [-0.2, -0.15) is 5.10 Å². The number of fused-ring (bicyclic) bond motifs is 1. The highest BCUT2D eigenvalue weighted by molar-refractivity contribution is 6.30. The van der Waals surface area contributed by atoms with Gasteiger partial charge < -0.3 is 10.2 Å². The molecule has 0 unspecified atom stereocenters. The van der Waals surface area contributed by atoms with Gasteiger partial charge in [0.05, 0.1) is 5.39 Å². The van der Waals surface area contributed by atoms with Gasteiger partial charge in [0.25, 0.3) is 5.56 Å². The molecular weight excluding hydrogens is 388 g/mol. The molecular formula is C22H23ClN4O2. The predicted molar refractivity (Wildman–Crippen MR) is 117 cm³/mol. The van der Waals surface area contributed by atoms with Gasteiger partial charge >= 0.3 is 0 Å². The third-order valence-electron chi connectivity index (χ3n) is 5.33. The Labute approximate surface area is 174 Å². The van der Waals surface area contributed by atoms with Gasteiger partial charge in [-0.05, 0) is 43.0 Å². The summed E-state index contributed by atoms with van der Waals surface area (Å²) in [6, 6.07) is 14.4. The second kappa shape index (κ2) is 8.25. The summed E-state index contributed by atoms with van der Waals surface area (Å²) in [6.45, 7) is 3.88. The highest BCUT2D eigenvalue weighted by atomic mass is 35.5. The van der Waals surface area contributed by atoms with Crippen LogP contribution in [0.2, 0.25) is 5.02 Å². The van der Waals surface area contributed by atoms with E-state index in [-0.39, 0.29) is 18.0 Å². The summed E-state index contributed by atoms with van der Waals surface area (Å²) in [7, 11) is 0. The highest BCUT2D eigenvalue weighted by Gasteiger charge is 2.21. The van der Waals surface area contributed by atoms with Crippen LogP contribution in [-0.4, -0.2) is 28.8 Å². The van der Waals surface area contributed by atoms with E-state index < -0.39 is 0 Å². The standard InChI is InChI=1S/C22H23ClN4O2/c1-15-9-11-26(12-10-15)21-18-7-2-3-8-19(18)22(29)27(25-21)14-20(28)24-17-6-4-5-16(23)13-17/h2-8,13,15H,9-12,14H2,1H3,(H,24,28). The van der Waals surface area contributed by atoms with Gasteiger partial charge in [-0.25, -0.2) is 4.68 Å². The van der Waals surface area contributed by atoms with E-state index in [1.807, 2.05) is 18.2 Å². The Morgan fingerprint density at radius 3 is 2.59 bits per heavy atom. The highest BCUT2D eigenvalue weighted by Crippen LogP contribution is 2.26. The van der Waals surface area contributed by atoms with E-state index in [0.717, 1.165) is 37.1 Å². The van der Waals surface area contributed by atoms with Gasteiger partial charge in [-0.15, -0.1) is 0 Å². The first-order chi connectivity index (χ1) is 14.0. The number of carbonyl (C=O) groups is 1. The van der Waals surface area contributed by atoms with Crippen molar-refractivity contribution < 1.29 is 4.79 Å². The third-order valence-corrected chi connectivity index (χ3v) is 5.57. The maximum absolute atomic E-state index is 12.9. The average Bonchev–Trinajstić information content (AvgIpc) is 2.71. The SMILES string of the molecule is CC1CCN(c2nn(CC(=O)Nc3cccc(Cl)c3)c(=O)c3ccccc23)CC1. The third kappa shape index (κ3) is 4.27. The van der Waals surface area contributed by atoms with Crippen molar-refractivity contribution >= 4 is 39.8 Å². The molecule has 2 aromatic carbocycles. The fourth-order valence-corrected chi connectivity index (χ4v) is 3.87. The van der Waals surface area contributed by atoms with Gasteiger partial charge in [0.2, 0.25) is 5.91 Å². The summed E-state index contributed by atoms with van der Waals surface area (Å²) in [5.41, 5.74) is 0.317. The van der Waals surface area contributed by atoms with Crippen molar-refractivity contribution in [1.29, 1.82) is 0 Å². The number of aromatic nitrogens is 2. The van der Waals surface area contributed by atoms with E-state index in [9.17, 15) is 9.59 Å². The molecule has 29 heavy (non-hydrogen) atoms. The Bertz CT molecular complexity index is 1100. The Morgan fingerprint density at radius 1 is 1.14 bits per heavy atom. The molecule has 0 bridgehead atoms. The molecule has 0 aliphatic carbocycles. The second-order valence-electron chi connectivity index (χ2n) is 7.56. The minimum Gasteiger partial charge on any atom is -0.355 e. The van der Waals surface area contributed by atoms with Crippen LogP contribution >= 0.6 is 11.6 Å². The first-order valence-corrected chi connectivity index (χ1v) is 10.2. The Kier molecular flexibility index (Phi) is 5.53. The number of carbonyl (C=O) groups excluding carboxylic acids is 1. The van der Waals surface area contributed by atoms with Crippen LogP contribution in [0.15, 0.2) is 53.3 Å². The van der Waals surface area contributed by atoms with Gasteiger partial charge in [0, 0.05) is 29.2 Å². The number of hydrogen-bond donors (Lipinski definition) is 1. The molecule has 1 aliphatic rings. The molecule has 0 radical (unpaired) electrons. The number of rotatable bonds is 4. The van der Waals surface area contributed by atoms with E-state index in [2.05, 4.69) is 22.2 Å². The average molecular weight is 411 g/mol. The maximum Gasteiger partial charge on any atom is 0.275 e. The van der Waals surface area contributed by atoms with Crippen LogP contribution in [0.1, 0.15) is 19.8 Å². The summed E-state index contributed by atoms with van der Waals surface area (Å²) >= 11 is 5.97. The van der Waals surface area contributed by atoms with Crippen molar-refractivity contribution in [1.82, 2.24) is 9.78 Å². The smallest absolute Gasteiger partial charge is 0.275 e. The molecule has 0 saturated carbocycles. The topological polar surface area (TPSA) is 67.2 Å². The number of nitrogens with zero attached hydrogens (tertiary/aromatic N) is 3. The number of amides is 1.